The lowest BCUT2D eigenvalue weighted by Crippen LogP contribution is -2.12. The Hall–Kier alpha value is -6.31. The van der Waals surface area contributed by atoms with Gasteiger partial charge in [0, 0.05) is 52.9 Å². The number of carbonyl (C=O) groups excluding carboxylic acids is 1. The van der Waals surface area contributed by atoms with Crippen LogP contribution in [0.3, 0.4) is 0 Å². The molecule has 4 aromatic heterocycles. The molecule has 1 N–H and O–H groups in total. The summed E-state index contributed by atoms with van der Waals surface area (Å²) in [5.41, 5.74) is 1.60. The lowest BCUT2D eigenvalue weighted by Gasteiger charge is -2.08. The van der Waals surface area contributed by atoms with E-state index in [2.05, 4.69) is 15.0 Å². The van der Waals surface area contributed by atoms with Crippen molar-refractivity contribution < 1.29 is 28.9 Å². The van der Waals surface area contributed by atoms with Crippen molar-refractivity contribution in [1.82, 2.24) is 19.5 Å². The molecule has 6 rings (SSSR count). The number of ether oxygens (including phenoxy) is 3. The summed E-state index contributed by atoms with van der Waals surface area (Å²) in [6, 6.07) is 20.4. The molecule has 0 radical (unpaired) electrons. The summed E-state index contributed by atoms with van der Waals surface area (Å²) in [4.78, 5) is 42.8. The first-order valence-corrected chi connectivity index (χ1v) is 13.2. The number of hydrogen-bond donors (Lipinski definition) is 1. The van der Waals surface area contributed by atoms with Gasteiger partial charge in [-0.25, -0.2) is 9.97 Å². The standard InChI is InChI=1S/C17H15N3O5.C13H9N3O3/c1-2-24-17(21)11-19-9-8-13-14(19)4-3-5-15(13)25-16-7-6-12(10-18-16)20(22)23;17-16(18)9-4-5-13(15-8-9)19-12-3-1-2-11-10(12)6-7-14-11/h3-10H,2,11H2,1H3;1-8,14H. The maximum absolute atomic E-state index is 11.7. The van der Waals surface area contributed by atoms with E-state index in [-0.39, 0.29) is 29.8 Å². The summed E-state index contributed by atoms with van der Waals surface area (Å²) in [5, 5.41) is 22.9. The van der Waals surface area contributed by atoms with Crippen molar-refractivity contribution in [3.05, 3.63) is 118 Å². The Bertz CT molecular complexity index is 1930. The highest BCUT2D eigenvalue weighted by Gasteiger charge is 2.12. The minimum atomic E-state index is -0.521. The van der Waals surface area contributed by atoms with Gasteiger partial charge in [-0.05, 0) is 43.3 Å². The number of esters is 1. The van der Waals surface area contributed by atoms with Gasteiger partial charge in [0.1, 0.15) is 30.4 Å². The van der Waals surface area contributed by atoms with Crippen LogP contribution in [-0.4, -0.2) is 41.9 Å². The van der Waals surface area contributed by atoms with Crippen LogP contribution in [0.15, 0.2) is 97.6 Å². The number of pyridine rings is 2. The van der Waals surface area contributed by atoms with Crippen LogP contribution in [0.2, 0.25) is 0 Å². The van der Waals surface area contributed by atoms with E-state index in [4.69, 9.17) is 14.2 Å². The predicted octanol–water partition coefficient (Wildman–Crippen LogP) is 6.56. The van der Waals surface area contributed by atoms with Crippen LogP contribution in [0.5, 0.6) is 23.3 Å². The maximum atomic E-state index is 11.7. The lowest BCUT2D eigenvalue weighted by atomic mass is 10.2. The highest BCUT2D eigenvalue weighted by molar-refractivity contribution is 5.88. The van der Waals surface area contributed by atoms with Crippen molar-refractivity contribution in [3.8, 4) is 23.3 Å². The fraction of sp³-hybridized carbons (Fsp3) is 0.100. The number of carbonyl (C=O) groups is 1. The van der Waals surface area contributed by atoms with Crippen molar-refractivity contribution in [3.63, 3.8) is 0 Å². The molecule has 222 valence electrons. The summed E-state index contributed by atoms with van der Waals surface area (Å²) in [5.74, 6) is 1.44. The van der Waals surface area contributed by atoms with Crippen LogP contribution >= 0.6 is 0 Å². The normalized spacial score (nSPS) is 10.6. The molecule has 44 heavy (non-hydrogen) atoms. The highest BCUT2D eigenvalue weighted by atomic mass is 16.6. The summed E-state index contributed by atoms with van der Waals surface area (Å²) in [7, 11) is 0. The molecule has 0 aliphatic heterocycles. The summed E-state index contributed by atoms with van der Waals surface area (Å²) >= 11 is 0. The number of nitro groups is 2. The van der Waals surface area contributed by atoms with Crippen molar-refractivity contribution in [1.29, 1.82) is 0 Å². The number of hydrogen-bond acceptors (Lipinski definition) is 10. The molecule has 0 aliphatic carbocycles. The number of H-pyrrole nitrogens is 1. The van der Waals surface area contributed by atoms with Gasteiger partial charge in [0.05, 0.1) is 22.0 Å². The van der Waals surface area contributed by atoms with Gasteiger partial charge in [-0.2, -0.15) is 0 Å². The first-order chi connectivity index (χ1) is 21.3. The quantitative estimate of drug-likeness (QED) is 0.109. The molecule has 6 aromatic rings. The SMILES string of the molecule is CCOC(=O)Cn1ccc2c(Oc3ccc([N+](=O)[O-])cn3)cccc21.O=[N+]([O-])c1ccc(Oc2cccc3[nH]ccc23)nc1. The number of aromatic amines is 1. The highest BCUT2D eigenvalue weighted by Crippen LogP contribution is 2.31. The smallest absolute Gasteiger partial charge is 0.325 e. The van der Waals surface area contributed by atoms with E-state index in [0.29, 0.717) is 24.0 Å². The fourth-order valence-electron chi connectivity index (χ4n) is 4.22. The van der Waals surface area contributed by atoms with E-state index in [9.17, 15) is 25.0 Å². The minimum absolute atomic E-state index is 0.0628. The molecule has 0 fully saturated rings. The molecule has 0 aliphatic rings. The van der Waals surface area contributed by atoms with Gasteiger partial charge >= 0.3 is 5.97 Å². The minimum Gasteiger partial charge on any atom is -0.465 e. The summed E-state index contributed by atoms with van der Waals surface area (Å²) < 4.78 is 18.1. The van der Waals surface area contributed by atoms with Gasteiger partial charge < -0.3 is 23.8 Å². The van der Waals surface area contributed by atoms with Gasteiger partial charge in [0.15, 0.2) is 0 Å². The molecule has 0 amide bonds. The molecule has 0 bridgehead atoms. The van der Waals surface area contributed by atoms with E-state index in [1.807, 2.05) is 42.6 Å². The zero-order chi connectivity index (χ0) is 31.1. The average molecular weight is 597 g/mol. The van der Waals surface area contributed by atoms with Crippen molar-refractivity contribution in [2.75, 3.05) is 6.61 Å². The van der Waals surface area contributed by atoms with E-state index >= 15 is 0 Å². The molecule has 0 saturated heterocycles. The monoisotopic (exact) mass is 596 g/mol. The Kier molecular flexibility index (Phi) is 8.70. The topological polar surface area (TPSA) is 178 Å². The summed E-state index contributed by atoms with van der Waals surface area (Å²) in [6.07, 6.45) is 5.91. The first-order valence-electron chi connectivity index (χ1n) is 13.2. The zero-order valence-corrected chi connectivity index (χ0v) is 23.2. The van der Waals surface area contributed by atoms with Crippen molar-refractivity contribution in [2.24, 2.45) is 0 Å². The predicted molar refractivity (Wildman–Crippen MR) is 159 cm³/mol. The second-order valence-corrected chi connectivity index (χ2v) is 9.06. The van der Waals surface area contributed by atoms with Gasteiger partial charge in [0.2, 0.25) is 11.8 Å². The number of rotatable bonds is 9. The molecular weight excluding hydrogens is 572 g/mol. The molecular formula is C30H24N6O8. The second kappa shape index (κ2) is 13.1. The average Bonchev–Trinajstić information content (AvgIpc) is 3.67. The van der Waals surface area contributed by atoms with Crippen molar-refractivity contribution >= 4 is 39.1 Å². The van der Waals surface area contributed by atoms with E-state index in [1.54, 1.807) is 29.8 Å². The number of fused-ring (bicyclic) bond motifs is 2. The summed E-state index contributed by atoms with van der Waals surface area (Å²) in [6.45, 7) is 2.20. The Labute approximate surface area is 248 Å². The molecule has 0 unspecified atom stereocenters. The Morgan fingerprint density at radius 3 is 2.00 bits per heavy atom. The molecule has 0 spiro atoms. The number of nitrogens with zero attached hydrogens (tertiary/aromatic N) is 5. The molecule has 0 atom stereocenters. The van der Waals surface area contributed by atoms with Crippen LogP contribution in [0.4, 0.5) is 11.4 Å². The van der Waals surface area contributed by atoms with Gasteiger partial charge in [-0.3, -0.25) is 25.0 Å². The van der Waals surface area contributed by atoms with Crippen LogP contribution in [0.25, 0.3) is 21.8 Å². The third-order valence-corrected chi connectivity index (χ3v) is 6.23. The molecule has 14 nitrogen and oxygen atoms in total. The van der Waals surface area contributed by atoms with E-state index < -0.39 is 9.85 Å². The number of aromatic nitrogens is 4. The maximum Gasteiger partial charge on any atom is 0.325 e. The molecule has 4 heterocycles. The zero-order valence-electron chi connectivity index (χ0n) is 23.2. The Morgan fingerprint density at radius 2 is 1.43 bits per heavy atom. The van der Waals surface area contributed by atoms with Gasteiger partial charge in [-0.1, -0.05) is 12.1 Å². The number of benzene rings is 2. The molecule has 0 saturated carbocycles. The largest absolute Gasteiger partial charge is 0.465 e. The molecule has 14 heteroatoms. The van der Waals surface area contributed by atoms with E-state index in [1.165, 1.54) is 30.5 Å². The number of nitrogens with one attached hydrogen (secondary N) is 1. The third-order valence-electron chi connectivity index (χ3n) is 6.23. The van der Waals surface area contributed by atoms with Gasteiger partial charge in [0.25, 0.3) is 11.4 Å². The van der Waals surface area contributed by atoms with Crippen LogP contribution < -0.4 is 9.47 Å². The van der Waals surface area contributed by atoms with Crippen LogP contribution in [0, 0.1) is 20.2 Å². The van der Waals surface area contributed by atoms with Crippen LogP contribution in [-0.2, 0) is 16.1 Å². The van der Waals surface area contributed by atoms with Crippen molar-refractivity contribution in [2.45, 2.75) is 13.5 Å². The lowest BCUT2D eigenvalue weighted by molar-refractivity contribution is -0.385. The second-order valence-electron chi connectivity index (χ2n) is 9.06. The van der Waals surface area contributed by atoms with E-state index in [0.717, 1.165) is 28.0 Å². The molecule has 2 aromatic carbocycles. The van der Waals surface area contributed by atoms with Gasteiger partial charge in [-0.15, -0.1) is 0 Å². The Balaban J connectivity index is 0.000000181. The Morgan fingerprint density at radius 1 is 0.818 bits per heavy atom. The first kappa shape index (κ1) is 29.2. The third kappa shape index (κ3) is 6.76. The fourth-order valence-corrected chi connectivity index (χ4v) is 4.22. The van der Waals surface area contributed by atoms with Crippen LogP contribution in [0.1, 0.15) is 6.92 Å².